The first-order valence-corrected chi connectivity index (χ1v) is 8.92. The molecular weight excluding hydrogens is 280 g/mol. The highest BCUT2D eigenvalue weighted by Crippen LogP contribution is 2.37. The lowest BCUT2D eigenvalue weighted by atomic mass is 9.95. The Kier molecular flexibility index (Phi) is 4.42. The van der Waals surface area contributed by atoms with Crippen LogP contribution in [0.15, 0.2) is 12.1 Å². The van der Waals surface area contributed by atoms with Crippen molar-refractivity contribution in [3.63, 3.8) is 0 Å². The van der Waals surface area contributed by atoms with E-state index in [0.29, 0.717) is 6.04 Å². The molecule has 4 heteroatoms. The molecular formula is C17H28N2OS. The number of morpholine rings is 1. The zero-order valence-electron chi connectivity index (χ0n) is 13.7. The number of nitrogens with one attached hydrogen (secondary N) is 1. The van der Waals surface area contributed by atoms with E-state index in [1.165, 1.54) is 22.6 Å². The van der Waals surface area contributed by atoms with E-state index in [1.807, 2.05) is 11.3 Å². The summed E-state index contributed by atoms with van der Waals surface area (Å²) in [6, 6.07) is 5.75. The molecule has 2 atom stereocenters. The first-order chi connectivity index (χ1) is 9.95. The number of hydrogen-bond acceptors (Lipinski definition) is 4. The lowest BCUT2D eigenvalue weighted by Crippen LogP contribution is -2.47. The van der Waals surface area contributed by atoms with E-state index < -0.39 is 0 Å². The Morgan fingerprint density at radius 3 is 2.71 bits per heavy atom. The van der Waals surface area contributed by atoms with Crippen LogP contribution in [0.1, 0.15) is 49.4 Å². The summed E-state index contributed by atoms with van der Waals surface area (Å²) in [4.78, 5) is 5.37. The molecule has 0 spiro atoms. The van der Waals surface area contributed by atoms with Gasteiger partial charge in [0.25, 0.3) is 0 Å². The standard InChI is InChI=1S/C17H28N2OS/c1-17(2,3)15-8-7-14(21-15)16-13(11-18-12-5-6-12)20-10-9-19(16)4/h7-8,12-13,16,18H,5-6,9-11H2,1-4H3. The average Bonchev–Trinajstić information content (AvgIpc) is 3.10. The molecule has 0 aromatic carbocycles. The number of ether oxygens (including phenoxy) is 1. The number of thiophene rings is 1. The largest absolute Gasteiger partial charge is 0.374 e. The molecule has 1 aromatic heterocycles. The van der Waals surface area contributed by atoms with E-state index in [2.05, 4.69) is 50.2 Å². The fourth-order valence-corrected chi connectivity index (χ4v) is 4.20. The van der Waals surface area contributed by atoms with Gasteiger partial charge in [-0.25, -0.2) is 0 Å². The smallest absolute Gasteiger partial charge is 0.0904 e. The molecule has 1 saturated carbocycles. The van der Waals surface area contributed by atoms with Crippen molar-refractivity contribution in [1.82, 2.24) is 10.2 Å². The lowest BCUT2D eigenvalue weighted by molar-refractivity contribution is -0.0603. The fraction of sp³-hybridized carbons (Fsp3) is 0.765. The highest BCUT2D eigenvalue weighted by Gasteiger charge is 2.34. The van der Waals surface area contributed by atoms with Crippen LogP contribution in [-0.4, -0.2) is 43.8 Å². The third-order valence-corrected chi connectivity index (χ3v) is 6.03. The van der Waals surface area contributed by atoms with Gasteiger partial charge in [0.15, 0.2) is 0 Å². The Hall–Kier alpha value is -0.420. The number of likely N-dealkylation sites (N-methyl/N-ethyl adjacent to an activating group) is 1. The van der Waals surface area contributed by atoms with Crippen LogP contribution in [0, 0.1) is 0 Å². The number of hydrogen-bond donors (Lipinski definition) is 1. The zero-order valence-corrected chi connectivity index (χ0v) is 14.5. The summed E-state index contributed by atoms with van der Waals surface area (Å²) in [5.41, 5.74) is 0.235. The maximum Gasteiger partial charge on any atom is 0.0904 e. The van der Waals surface area contributed by atoms with Gasteiger partial charge in [0, 0.05) is 28.9 Å². The topological polar surface area (TPSA) is 24.5 Å². The molecule has 2 heterocycles. The van der Waals surface area contributed by atoms with Gasteiger partial charge < -0.3 is 10.1 Å². The predicted molar refractivity (Wildman–Crippen MR) is 89.2 cm³/mol. The molecule has 1 saturated heterocycles. The van der Waals surface area contributed by atoms with E-state index in [4.69, 9.17) is 4.74 Å². The van der Waals surface area contributed by atoms with Crippen molar-refractivity contribution in [2.45, 2.75) is 57.2 Å². The van der Waals surface area contributed by atoms with Gasteiger partial charge in [-0.05, 0) is 37.4 Å². The Morgan fingerprint density at radius 1 is 1.33 bits per heavy atom. The minimum absolute atomic E-state index is 0.235. The molecule has 1 aliphatic carbocycles. The molecule has 3 nitrogen and oxygen atoms in total. The van der Waals surface area contributed by atoms with E-state index in [1.54, 1.807) is 0 Å². The molecule has 1 aliphatic heterocycles. The van der Waals surface area contributed by atoms with Crippen molar-refractivity contribution in [3.05, 3.63) is 21.9 Å². The Labute approximate surface area is 132 Å². The van der Waals surface area contributed by atoms with Crippen molar-refractivity contribution in [2.24, 2.45) is 0 Å². The molecule has 0 amide bonds. The summed E-state index contributed by atoms with van der Waals surface area (Å²) in [6.45, 7) is 9.71. The molecule has 21 heavy (non-hydrogen) atoms. The highest BCUT2D eigenvalue weighted by atomic mass is 32.1. The van der Waals surface area contributed by atoms with Crippen LogP contribution in [-0.2, 0) is 10.2 Å². The van der Waals surface area contributed by atoms with Crippen LogP contribution in [0.25, 0.3) is 0 Å². The van der Waals surface area contributed by atoms with E-state index in [-0.39, 0.29) is 11.5 Å². The van der Waals surface area contributed by atoms with Crippen molar-refractivity contribution >= 4 is 11.3 Å². The molecule has 2 aliphatic rings. The highest BCUT2D eigenvalue weighted by molar-refractivity contribution is 7.12. The second-order valence-corrected chi connectivity index (χ2v) is 8.58. The van der Waals surface area contributed by atoms with Gasteiger partial charge in [0.2, 0.25) is 0 Å². The van der Waals surface area contributed by atoms with Gasteiger partial charge in [-0.3, -0.25) is 4.90 Å². The second kappa shape index (κ2) is 5.99. The molecule has 2 unspecified atom stereocenters. The Bertz CT molecular complexity index is 475. The lowest BCUT2D eigenvalue weighted by Gasteiger charge is -2.39. The SMILES string of the molecule is CN1CCOC(CNC2CC2)C1c1ccc(C(C)(C)C)s1. The van der Waals surface area contributed by atoms with Gasteiger partial charge in [0.05, 0.1) is 18.8 Å². The predicted octanol–water partition coefficient (Wildman–Crippen LogP) is 3.17. The third kappa shape index (κ3) is 3.67. The average molecular weight is 308 g/mol. The summed E-state index contributed by atoms with van der Waals surface area (Å²) < 4.78 is 6.09. The molecule has 2 fully saturated rings. The summed E-state index contributed by atoms with van der Waals surface area (Å²) in [7, 11) is 2.23. The van der Waals surface area contributed by atoms with Crippen molar-refractivity contribution in [2.75, 3.05) is 26.7 Å². The fourth-order valence-electron chi connectivity index (χ4n) is 2.92. The molecule has 1 N–H and O–H groups in total. The summed E-state index contributed by atoms with van der Waals surface area (Å²) in [6.07, 6.45) is 2.94. The van der Waals surface area contributed by atoms with E-state index in [9.17, 15) is 0 Å². The van der Waals surface area contributed by atoms with Crippen LogP contribution < -0.4 is 5.32 Å². The van der Waals surface area contributed by atoms with E-state index in [0.717, 1.165) is 25.7 Å². The monoisotopic (exact) mass is 308 g/mol. The quantitative estimate of drug-likeness (QED) is 0.924. The van der Waals surface area contributed by atoms with Gasteiger partial charge in [-0.2, -0.15) is 0 Å². The van der Waals surface area contributed by atoms with Crippen LogP contribution in [0.4, 0.5) is 0 Å². The third-order valence-electron chi connectivity index (χ3n) is 4.45. The summed E-state index contributed by atoms with van der Waals surface area (Å²) in [5.74, 6) is 0. The van der Waals surface area contributed by atoms with Gasteiger partial charge >= 0.3 is 0 Å². The summed E-state index contributed by atoms with van der Waals surface area (Å²) in [5, 5.41) is 3.64. The van der Waals surface area contributed by atoms with Crippen LogP contribution >= 0.6 is 11.3 Å². The van der Waals surface area contributed by atoms with Crippen LogP contribution in [0.5, 0.6) is 0 Å². The van der Waals surface area contributed by atoms with Crippen LogP contribution in [0.3, 0.4) is 0 Å². The first kappa shape index (κ1) is 15.5. The molecule has 3 rings (SSSR count). The Morgan fingerprint density at radius 2 is 2.10 bits per heavy atom. The molecule has 0 radical (unpaired) electrons. The maximum absolute atomic E-state index is 6.09. The summed E-state index contributed by atoms with van der Waals surface area (Å²) >= 11 is 1.95. The number of rotatable bonds is 4. The Balaban J connectivity index is 1.75. The normalized spacial score (nSPS) is 28.0. The van der Waals surface area contributed by atoms with E-state index >= 15 is 0 Å². The van der Waals surface area contributed by atoms with Crippen molar-refractivity contribution in [1.29, 1.82) is 0 Å². The number of nitrogens with zero attached hydrogens (tertiary/aromatic N) is 1. The maximum atomic E-state index is 6.09. The zero-order chi connectivity index (χ0) is 15.0. The minimum Gasteiger partial charge on any atom is -0.374 e. The van der Waals surface area contributed by atoms with Crippen LogP contribution in [0.2, 0.25) is 0 Å². The minimum atomic E-state index is 0.235. The second-order valence-electron chi connectivity index (χ2n) is 7.47. The van der Waals surface area contributed by atoms with Gasteiger partial charge in [-0.1, -0.05) is 20.8 Å². The molecule has 0 bridgehead atoms. The first-order valence-electron chi connectivity index (χ1n) is 8.10. The van der Waals surface area contributed by atoms with Gasteiger partial charge in [0.1, 0.15) is 0 Å². The van der Waals surface area contributed by atoms with Gasteiger partial charge in [-0.15, -0.1) is 11.3 Å². The van der Waals surface area contributed by atoms with Crippen molar-refractivity contribution < 1.29 is 4.74 Å². The molecule has 118 valence electrons. The van der Waals surface area contributed by atoms with Crippen molar-refractivity contribution in [3.8, 4) is 0 Å². The molecule has 1 aromatic rings.